The highest BCUT2D eigenvalue weighted by Gasteiger charge is 2.29. The Kier molecular flexibility index (Phi) is 4.59. The van der Waals surface area contributed by atoms with Gasteiger partial charge in [0, 0.05) is 0 Å². The van der Waals surface area contributed by atoms with Gasteiger partial charge in [-0.15, -0.1) is 0 Å². The van der Waals surface area contributed by atoms with E-state index in [0.717, 1.165) is 17.9 Å². The molecule has 0 spiro atoms. The van der Waals surface area contributed by atoms with Crippen LogP contribution in [0.5, 0.6) is 11.5 Å². The Bertz CT molecular complexity index is 586. The Hall–Kier alpha value is -2.48. The van der Waals surface area contributed by atoms with Gasteiger partial charge in [0.15, 0.2) is 0 Å². The van der Waals surface area contributed by atoms with E-state index in [1.165, 1.54) is 0 Å². The second kappa shape index (κ2) is 6.99. The molecule has 0 bridgehead atoms. The van der Waals surface area contributed by atoms with E-state index in [9.17, 15) is 0 Å². The quantitative estimate of drug-likeness (QED) is 0.771. The van der Waals surface area contributed by atoms with Crippen LogP contribution < -0.4 is 9.47 Å². The highest BCUT2D eigenvalue weighted by atomic mass is 16.5. The fourth-order valence-electron chi connectivity index (χ4n) is 2.45. The van der Waals surface area contributed by atoms with Crippen molar-refractivity contribution in [2.45, 2.75) is 6.42 Å². The van der Waals surface area contributed by atoms with Crippen molar-refractivity contribution in [1.82, 2.24) is 0 Å². The molecule has 0 aliphatic heterocycles. The van der Waals surface area contributed by atoms with Gasteiger partial charge in [-0.25, -0.2) is 0 Å². The number of benzene rings is 2. The third kappa shape index (κ3) is 3.79. The summed E-state index contributed by atoms with van der Waals surface area (Å²) in [6, 6.07) is 19.8. The zero-order valence-electron chi connectivity index (χ0n) is 12.5. The number of allylic oxidation sites excluding steroid dienone is 3. The molecule has 2 aromatic rings. The summed E-state index contributed by atoms with van der Waals surface area (Å²) in [7, 11) is 0. The van der Waals surface area contributed by atoms with Gasteiger partial charge in [0.05, 0.1) is 5.41 Å². The molecule has 0 aromatic heterocycles. The molecule has 0 amide bonds. The van der Waals surface area contributed by atoms with Crippen molar-refractivity contribution in [2.24, 2.45) is 5.41 Å². The fourth-order valence-corrected chi connectivity index (χ4v) is 2.45. The summed E-state index contributed by atoms with van der Waals surface area (Å²) in [5.41, 5.74) is -0.125. The zero-order valence-corrected chi connectivity index (χ0v) is 12.5. The molecular weight excluding hydrogens is 272 g/mol. The van der Waals surface area contributed by atoms with E-state index in [2.05, 4.69) is 24.3 Å². The smallest absolute Gasteiger partial charge is 0.119 e. The Labute approximate surface area is 131 Å². The van der Waals surface area contributed by atoms with Gasteiger partial charge in [0.25, 0.3) is 0 Å². The van der Waals surface area contributed by atoms with Crippen LogP contribution in [-0.2, 0) is 0 Å². The largest absolute Gasteiger partial charge is 0.493 e. The van der Waals surface area contributed by atoms with Crippen molar-refractivity contribution in [1.29, 1.82) is 0 Å². The lowest BCUT2D eigenvalue weighted by Gasteiger charge is -2.31. The van der Waals surface area contributed by atoms with Crippen molar-refractivity contribution in [3.8, 4) is 11.5 Å². The van der Waals surface area contributed by atoms with E-state index in [1.54, 1.807) is 0 Å². The second-order valence-corrected chi connectivity index (χ2v) is 5.56. The molecule has 1 aliphatic rings. The third-order valence-electron chi connectivity index (χ3n) is 3.76. The zero-order chi connectivity index (χ0) is 15.1. The summed E-state index contributed by atoms with van der Waals surface area (Å²) in [5, 5.41) is 0. The number of rotatable bonds is 6. The predicted octanol–water partition coefficient (Wildman–Crippen LogP) is 4.65. The van der Waals surface area contributed by atoms with Crippen molar-refractivity contribution >= 4 is 0 Å². The Balaban J connectivity index is 1.66. The van der Waals surface area contributed by atoms with Gasteiger partial charge in [-0.05, 0) is 30.7 Å². The summed E-state index contributed by atoms with van der Waals surface area (Å²) in [5.74, 6) is 1.79. The number of para-hydroxylation sites is 2. The topological polar surface area (TPSA) is 18.5 Å². The van der Waals surface area contributed by atoms with Crippen molar-refractivity contribution < 1.29 is 9.47 Å². The monoisotopic (exact) mass is 292 g/mol. The second-order valence-electron chi connectivity index (χ2n) is 5.56. The minimum atomic E-state index is -0.125. The molecule has 0 radical (unpaired) electrons. The molecule has 2 aromatic carbocycles. The predicted molar refractivity (Wildman–Crippen MR) is 89.2 cm³/mol. The van der Waals surface area contributed by atoms with Gasteiger partial charge in [-0.3, -0.25) is 0 Å². The Morgan fingerprint density at radius 2 is 1.27 bits per heavy atom. The molecule has 3 rings (SSSR count). The average Bonchev–Trinajstić information content (AvgIpc) is 2.61. The number of hydrogen-bond donors (Lipinski definition) is 0. The van der Waals surface area contributed by atoms with Crippen LogP contribution in [-0.4, -0.2) is 13.2 Å². The highest BCUT2D eigenvalue weighted by Crippen LogP contribution is 2.30. The summed E-state index contributed by atoms with van der Waals surface area (Å²) >= 11 is 0. The maximum Gasteiger partial charge on any atom is 0.119 e. The minimum Gasteiger partial charge on any atom is -0.493 e. The lowest BCUT2D eigenvalue weighted by atomic mass is 9.83. The summed E-state index contributed by atoms with van der Waals surface area (Å²) in [6.45, 7) is 1.20. The van der Waals surface area contributed by atoms with Gasteiger partial charge in [0.2, 0.25) is 0 Å². The molecule has 1 aliphatic carbocycles. The average molecular weight is 292 g/mol. The van der Waals surface area contributed by atoms with Crippen molar-refractivity contribution in [3.05, 3.63) is 85.0 Å². The molecule has 2 heteroatoms. The molecule has 0 fully saturated rings. The first kappa shape index (κ1) is 14.5. The summed E-state index contributed by atoms with van der Waals surface area (Å²) in [4.78, 5) is 0. The maximum atomic E-state index is 5.97. The highest BCUT2D eigenvalue weighted by molar-refractivity contribution is 5.24. The molecule has 0 atom stereocenters. The van der Waals surface area contributed by atoms with Gasteiger partial charge in [-0.2, -0.15) is 0 Å². The van der Waals surface area contributed by atoms with Crippen LogP contribution >= 0.6 is 0 Å². The van der Waals surface area contributed by atoms with E-state index >= 15 is 0 Å². The van der Waals surface area contributed by atoms with Gasteiger partial charge >= 0.3 is 0 Å². The van der Waals surface area contributed by atoms with Crippen LogP contribution in [0.25, 0.3) is 0 Å². The van der Waals surface area contributed by atoms with Gasteiger partial charge in [0.1, 0.15) is 24.7 Å². The van der Waals surface area contributed by atoms with Crippen molar-refractivity contribution in [3.63, 3.8) is 0 Å². The normalized spacial score (nSPS) is 15.5. The Morgan fingerprint density at radius 1 is 0.727 bits per heavy atom. The van der Waals surface area contributed by atoms with Gasteiger partial charge < -0.3 is 9.47 Å². The molecule has 0 N–H and O–H groups in total. The SMILES string of the molecule is C1=CCC(COc2ccccc2)(COc2ccccc2)C=C1. The van der Waals surface area contributed by atoms with Crippen LogP contribution in [0.15, 0.2) is 85.0 Å². The van der Waals surface area contributed by atoms with E-state index in [1.807, 2.05) is 60.7 Å². The molecule has 0 unspecified atom stereocenters. The standard InChI is InChI=1S/C20H20O2/c1-4-10-18(11-5-1)21-16-20(14-8-3-9-15-20)17-22-19-12-6-2-7-13-19/h1-14H,15-17H2. The van der Waals surface area contributed by atoms with Crippen LogP contribution in [0.1, 0.15) is 6.42 Å². The van der Waals surface area contributed by atoms with Crippen LogP contribution in [0.2, 0.25) is 0 Å². The fraction of sp³-hybridized carbons (Fsp3) is 0.200. The molecule has 112 valence electrons. The van der Waals surface area contributed by atoms with Crippen LogP contribution in [0.4, 0.5) is 0 Å². The van der Waals surface area contributed by atoms with Crippen molar-refractivity contribution in [2.75, 3.05) is 13.2 Å². The molecule has 0 saturated heterocycles. The summed E-state index contributed by atoms with van der Waals surface area (Å²) in [6.07, 6.45) is 9.43. The van der Waals surface area contributed by atoms with E-state index < -0.39 is 0 Å². The lowest BCUT2D eigenvalue weighted by molar-refractivity contribution is 0.120. The number of hydrogen-bond acceptors (Lipinski definition) is 2. The van der Waals surface area contributed by atoms with E-state index in [-0.39, 0.29) is 5.41 Å². The first-order valence-corrected chi connectivity index (χ1v) is 7.56. The Morgan fingerprint density at radius 3 is 1.73 bits per heavy atom. The molecule has 0 heterocycles. The molecular formula is C20H20O2. The van der Waals surface area contributed by atoms with Gasteiger partial charge in [-0.1, -0.05) is 60.7 Å². The lowest BCUT2D eigenvalue weighted by Crippen LogP contribution is -2.33. The first-order valence-electron chi connectivity index (χ1n) is 7.56. The van der Waals surface area contributed by atoms with E-state index in [0.29, 0.717) is 13.2 Å². The minimum absolute atomic E-state index is 0.125. The van der Waals surface area contributed by atoms with Crippen LogP contribution in [0, 0.1) is 5.41 Å². The number of ether oxygens (including phenoxy) is 2. The van der Waals surface area contributed by atoms with Crippen LogP contribution in [0.3, 0.4) is 0 Å². The third-order valence-corrected chi connectivity index (χ3v) is 3.76. The first-order chi connectivity index (χ1) is 10.9. The maximum absolute atomic E-state index is 5.97. The molecule has 22 heavy (non-hydrogen) atoms. The summed E-state index contributed by atoms with van der Waals surface area (Å²) < 4.78 is 11.9. The van der Waals surface area contributed by atoms with E-state index in [4.69, 9.17) is 9.47 Å². The molecule has 0 saturated carbocycles. The molecule has 2 nitrogen and oxygen atoms in total.